The van der Waals surface area contributed by atoms with Crippen LogP contribution in [0.5, 0.6) is 0 Å². The van der Waals surface area contributed by atoms with Gasteiger partial charge < -0.3 is 0 Å². The Labute approximate surface area is 226 Å². The monoisotopic (exact) mass is 522 g/mol. The van der Waals surface area contributed by atoms with Gasteiger partial charge in [-0.05, 0) is 67.7 Å². The minimum absolute atomic E-state index is 0.272. The minimum atomic E-state index is -0.692. The molecule has 0 nitrogen and oxygen atoms in total. The van der Waals surface area contributed by atoms with E-state index in [1.54, 1.807) is 10.9 Å². The van der Waals surface area contributed by atoms with Gasteiger partial charge in [0.25, 0.3) is 0 Å². The maximum absolute atomic E-state index is 2.52. The van der Waals surface area contributed by atoms with Crippen molar-refractivity contribution in [1.29, 1.82) is 0 Å². The van der Waals surface area contributed by atoms with E-state index in [4.69, 9.17) is 0 Å². The van der Waals surface area contributed by atoms with Gasteiger partial charge in [0.2, 0.25) is 0 Å². The summed E-state index contributed by atoms with van der Waals surface area (Å²) < 4.78 is 0. The fourth-order valence-electron chi connectivity index (χ4n) is 6.65. The van der Waals surface area contributed by atoms with E-state index < -0.39 is 7.92 Å². The summed E-state index contributed by atoms with van der Waals surface area (Å²) in [5.74, 6) is 0. The topological polar surface area (TPSA) is 0 Å². The second-order valence-electron chi connectivity index (χ2n) is 12.2. The molecule has 0 saturated carbocycles. The van der Waals surface area contributed by atoms with Gasteiger partial charge in [-0.2, -0.15) is 0 Å². The van der Waals surface area contributed by atoms with Crippen molar-refractivity contribution in [3.8, 4) is 0 Å². The Bertz CT molecular complexity index is 1390. The molecule has 0 N–H and O–H groups in total. The smallest absolute Gasteiger partial charge is 0.00262 e. The maximum Gasteiger partial charge on any atom is 0.00262 e. The summed E-state index contributed by atoms with van der Waals surface area (Å²) >= 11 is 0. The molecule has 37 heavy (non-hydrogen) atoms. The van der Waals surface area contributed by atoms with Gasteiger partial charge in [-0.3, -0.25) is 0 Å². The molecular formula is C35H40P2. The van der Waals surface area contributed by atoms with Crippen LogP contribution >= 0.6 is 15.8 Å². The first kappa shape index (κ1) is 26.4. The lowest BCUT2D eigenvalue weighted by Gasteiger charge is -2.46. The zero-order chi connectivity index (χ0) is 26.4. The summed E-state index contributed by atoms with van der Waals surface area (Å²) in [6.07, 6.45) is 5.97. The van der Waals surface area contributed by atoms with E-state index in [-0.39, 0.29) is 18.2 Å². The molecule has 0 aliphatic heterocycles. The Morgan fingerprint density at radius 3 is 1.57 bits per heavy atom. The van der Waals surface area contributed by atoms with Crippen LogP contribution in [0.3, 0.4) is 0 Å². The van der Waals surface area contributed by atoms with Gasteiger partial charge in [0, 0.05) is 5.66 Å². The maximum atomic E-state index is 2.52. The zero-order valence-electron chi connectivity index (χ0n) is 23.4. The molecule has 0 aromatic heterocycles. The quantitative estimate of drug-likeness (QED) is 0.229. The van der Waals surface area contributed by atoms with Crippen LogP contribution in [-0.2, 0) is 0 Å². The number of hydrogen-bond donors (Lipinski definition) is 0. The van der Waals surface area contributed by atoms with E-state index in [0.717, 1.165) is 6.42 Å². The second-order valence-corrected chi connectivity index (χ2v) is 18.6. The predicted octanol–water partition coefficient (Wildman–Crippen LogP) is 10.1. The Balaban J connectivity index is 1.79. The molecule has 4 aromatic rings. The predicted molar refractivity (Wildman–Crippen MR) is 171 cm³/mol. The van der Waals surface area contributed by atoms with Crippen LogP contribution in [0.25, 0.3) is 21.5 Å². The highest BCUT2D eigenvalue weighted by Crippen LogP contribution is 2.66. The molecule has 4 aromatic carbocycles. The van der Waals surface area contributed by atoms with Crippen LogP contribution in [0, 0.1) is 0 Å². The van der Waals surface area contributed by atoms with Crippen molar-refractivity contribution in [2.24, 2.45) is 0 Å². The van der Waals surface area contributed by atoms with Gasteiger partial charge in [0.1, 0.15) is 0 Å². The first-order valence-corrected chi connectivity index (χ1v) is 16.3. The summed E-state index contributed by atoms with van der Waals surface area (Å²) in [5.41, 5.74) is 2.14. The first-order chi connectivity index (χ1) is 17.6. The van der Waals surface area contributed by atoms with E-state index in [2.05, 4.69) is 146 Å². The zero-order valence-corrected chi connectivity index (χ0v) is 25.2. The van der Waals surface area contributed by atoms with Crippen molar-refractivity contribution in [3.63, 3.8) is 0 Å². The van der Waals surface area contributed by atoms with Crippen molar-refractivity contribution in [3.05, 3.63) is 108 Å². The molecule has 0 saturated heterocycles. The van der Waals surface area contributed by atoms with Crippen LogP contribution in [0.15, 0.2) is 108 Å². The Morgan fingerprint density at radius 2 is 1.08 bits per heavy atom. The Kier molecular flexibility index (Phi) is 7.22. The number of hydrogen-bond acceptors (Lipinski definition) is 0. The van der Waals surface area contributed by atoms with Crippen molar-refractivity contribution < 1.29 is 0 Å². The SMILES string of the molecule is C[C@@H](C1=C(P(c2cccc3ccccc23)c2cccc3ccccc23)CC=C1)P(C(C)(C)C)C(C)(C)C. The molecule has 5 rings (SSSR count). The number of benzene rings is 4. The van der Waals surface area contributed by atoms with Gasteiger partial charge in [0.05, 0.1) is 0 Å². The van der Waals surface area contributed by atoms with Crippen molar-refractivity contribution in [2.45, 2.75) is 70.9 Å². The lowest BCUT2D eigenvalue weighted by atomic mass is 10.1. The molecule has 0 heterocycles. The normalized spacial score (nSPS) is 15.5. The van der Waals surface area contributed by atoms with Crippen LogP contribution in [0.2, 0.25) is 0 Å². The minimum Gasteiger partial charge on any atom is -0.0882 e. The van der Waals surface area contributed by atoms with Gasteiger partial charge >= 0.3 is 0 Å². The molecule has 0 spiro atoms. The second kappa shape index (κ2) is 10.1. The molecule has 0 bridgehead atoms. The van der Waals surface area contributed by atoms with Crippen LogP contribution in [0.4, 0.5) is 0 Å². The highest BCUT2D eigenvalue weighted by Gasteiger charge is 2.40. The molecule has 0 fully saturated rings. The first-order valence-electron chi connectivity index (χ1n) is 13.5. The molecular weight excluding hydrogens is 482 g/mol. The average molecular weight is 523 g/mol. The summed E-state index contributed by atoms with van der Waals surface area (Å²) in [7, 11) is -0.964. The molecule has 0 unspecified atom stereocenters. The fourth-order valence-corrected chi connectivity index (χ4v) is 14.6. The number of rotatable bonds is 5. The highest BCUT2D eigenvalue weighted by molar-refractivity contribution is 7.77. The number of allylic oxidation sites excluding steroid dienone is 4. The molecule has 1 aliphatic carbocycles. The third-order valence-electron chi connectivity index (χ3n) is 7.51. The standard InChI is InChI=1S/C35H40P2/c1-25(37(34(2,3)4)35(5,6)7)28-21-14-24-31(28)36(32-22-12-17-26-15-8-10-19-29(26)32)33-23-13-18-27-16-9-11-20-30(27)33/h8-23,25H,24H2,1-7H3/t25-/m0/s1. The molecule has 2 heteroatoms. The van der Waals surface area contributed by atoms with E-state index in [9.17, 15) is 0 Å². The summed E-state index contributed by atoms with van der Waals surface area (Å²) in [5, 5.41) is 10.6. The average Bonchev–Trinajstić information content (AvgIpc) is 3.32. The van der Waals surface area contributed by atoms with E-state index in [1.807, 2.05) is 0 Å². The van der Waals surface area contributed by atoms with Crippen molar-refractivity contribution >= 4 is 48.0 Å². The summed E-state index contributed by atoms with van der Waals surface area (Å²) in [4.78, 5) is 0. The van der Waals surface area contributed by atoms with Gasteiger partial charge in [-0.25, -0.2) is 0 Å². The van der Waals surface area contributed by atoms with E-state index in [0.29, 0.717) is 5.66 Å². The molecule has 0 amide bonds. The largest absolute Gasteiger partial charge is 0.0882 e. The van der Waals surface area contributed by atoms with Crippen LogP contribution < -0.4 is 10.6 Å². The van der Waals surface area contributed by atoms with Crippen LogP contribution in [-0.4, -0.2) is 16.0 Å². The van der Waals surface area contributed by atoms with Gasteiger partial charge in [-0.15, -0.1) is 0 Å². The molecule has 0 radical (unpaired) electrons. The van der Waals surface area contributed by atoms with Gasteiger partial charge in [0.15, 0.2) is 0 Å². The molecule has 190 valence electrons. The molecule has 1 aliphatic rings. The molecule has 1 atom stereocenters. The van der Waals surface area contributed by atoms with Crippen molar-refractivity contribution in [2.75, 3.05) is 0 Å². The van der Waals surface area contributed by atoms with Crippen LogP contribution in [0.1, 0.15) is 54.9 Å². The van der Waals surface area contributed by atoms with Crippen molar-refractivity contribution in [1.82, 2.24) is 0 Å². The summed E-state index contributed by atoms with van der Waals surface area (Å²) in [6.45, 7) is 17.3. The van der Waals surface area contributed by atoms with E-state index in [1.165, 1.54) is 32.2 Å². The Morgan fingerprint density at radius 1 is 0.622 bits per heavy atom. The highest BCUT2D eigenvalue weighted by atomic mass is 31.1. The fraction of sp³-hybridized carbons (Fsp3) is 0.314. The summed E-state index contributed by atoms with van der Waals surface area (Å²) in [6, 6.07) is 31.8. The lowest BCUT2D eigenvalue weighted by Crippen LogP contribution is -2.31. The lowest BCUT2D eigenvalue weighted by molar-refractivity contribution is 0.695. The van der Waals surface area contributed by atoms with Gasteiger partial charge in [-0.1, -0.05) is 153 Å². The van der Waals surface area contributed by atoms with E-state index >= 15 is 0 Å². The third-order valence-corrected chi connectivity index (χ3v) is 14.2. The third kappa shape index (κ3) is 5.09. The number of fused-ring (bicyclic) bond motifs is 2. The Hall–Kier alpha value is -2.26.